The summed E-state index contributed by atoms with van der Waals surface area (Å²) < 4.78 is 15.2. The van der Waals surface area contributed by atoms with Gasteiger partial charge in [-0.2, -0.15) is 4.37 Å². The van der Waals surface area contributed by atoms with Crippen molar-refractivity contribution in [3.05, 3.63) is 34.6 Å². The van der Waals surface area contributed by atoms with Gasteiger partial charge in [-0.1, -0.05) is 23.7 Å². The average Bonchev–Trinajstić information content (AvgIpc) is 2.86. The monoisotopic (exact) mass is 339 g/mol. The minimum atomic E-state index is 0.138. The van der Waals surface area contributed by atoms with Gasteiger partial charge in [-0.05, 0) is 18.9 Å². The molecule has 1 aromatic heterocycles. The standard InChI is InChI=1S/C15H18ClN3O2S/c1-20-9-7-13-18-15(22-19-13)17-12-6-3-8-21-14-10(12)4-2-5-11(14)16/h2,4-5,12H,3,6-9H2,1H3,(H,17,18,19). The van der Waals surface area contributed by atoms with Crippen LogP contribution in [0, 0.1) is 0 Å². The maximum atomic E-state index is 6.25. The molecule has 1 unspecified atom stereocenters. The Hall–Kier alpha value is -1.37. The first-order valence-electron chi connectivity index (χ1n) is 7.27. The lowest BCUT2D eigenvalue weighted by Gasteiger charge is -2.18. The number of anilines is 1. The van der Waals surface area contributed by atoms with Gasteiger partial charge < -0.3 is 14.8 Å². The molecule has 0 amide bonds. The molecule has 1 N–H and O–H groups in total. The van der Waals surface area contributed by atoms with Crippen molar-refractivity contribution < 1.29 is 9.47 Å². The third-order valence-electron chi connectivity index (χ3n) is 3.55. The molecule has 0 saturated heterocycles. The number of benzene rings is 1. The van der Waals surface area contributed by atoms with Gasteiger partial charge in [0.2, 0.25) is 5.13 Å². The van der Waals surface area contributed by atoms with Gasteiger partial charge in [0.25, 0.3) is 0 Å². The van der Waals surface area contributed by atoms with Crippen LogP contribution in [0.25, 0.3) is 0 Å². The van der Waals surface area contributed by atoms with Crippen LogP contribution in [0.4, 0.5) is 5.13 Å². The van der Waals surface area contributed by atoms with Gasteiger partial charge in [0.15, 0.2) is 0 Å². The number of hydrogen-bond acceptors (Lipinski definition) is 6. The number of rotatable bonds is 5. The summed E-state index contributed by atoms with van der Waals surface area (Å²) >= 11 is 7.63. The largest absolute Gasteiger partial charge is 0.492 e. The first-order valence-corrected chi connectivity index (χ1v) is 8.42. The molecular formula is C15H18ClN3O2S. The van der Waals surface area contributed by atoms with Crippen LogP contribution in [0.15, 0.2) is 18.2 Å². The van der Waals surface area contributed by atoms with E-state index in [2.05, 4.69) is 20.7 Å². The number of nitrogens with zero attached hydrogens (tertiary/aromatic N) is 2. The highest BCUT2D eigenvalue weighted by Crippen LogP contribution is 2.38. The fourth-order valence-electron chi connectivity index (χ4n) is 2.48. The highest BCUT2D eigenvalue weighted by atomic mass is 35.5. The topological polar surface area (TPSA) is 56.3 Å². The van der Waals surface area contributed by atoms with E-state index in [4.69, 9.17) is 21.1 Å². The van der Waals surface area contributed by atoms with Gasteiger partial charge in [-0.3, -0.25) is 0 Å². The second-order valence-electron chi connectivity index (χ2n) is 5.10. The van der Waals surface area contributed by atoms with E-state index >= 15 is 0 Å². The Morgan fingerprint density at radius 1 is 1.50 bits per heavy atom. The number of nitrogens with one attached hydrogen (secondary N) is 1. The van der Waals surface area contributed by atoms with Crippen LogP contribution in [-0.4, -0.2) is 29.7 Å². The number of para-hydroxylation sites is 1. The summed E-state index contributed by atoms with van der Waals surface area (Å²) in [6.45, 7) is 1.32. The molecule has 1 aliphatic rings. The minimum absolute atomic E-state index is 0.138. The Bertz CT molecular complexity index is 635. The maximum absolute atomic E-state index is 6.25. The molecule has 1 aromatic carbocycles. The normalized spacial score (nSPS) is 17.5. The molecule has 3 rings (SSSR count). The van der Waals surface area contributed by atoms with E-state index in [0.717, 1.165) is 41.5 Å². The van der Waals surface area contributed by atoms with Crippen molar-refractivity contribution in [1.29, 1.82) is 0 Å². The van der Waals surface area contributed by atoms with Crippen LogP contribution >= 0.6 is 23.1 Å². The number of ether oxygens (including phenoxy) is 2. The molecule has 0 radical (unpaired) electrons. The fourth-order valence-corrected chi connectivity index (χ4v) is 3.38. The van der Waals surface area contributed by atoms with Crippen molar-refractivity contribution in [2.24, 2.45) is 0 Å². The zero-order valence-electron chi connectivity index (χ0n) is 12.3. The van der Waals surface area contributed by atoms with E-state index in [1.807, 2.05) is 12.1 Å². The number of halogens is 1. The summed E-state index contributed by atoms with van der Waals surface area (Å²) in [5.74, 6) is 1.59. The van der Waals surface area contributed by atoms with E-state index in [1.54, 1.807) is 7.11 Å². The molecule has 0 saturated carbocycles. The zero-order valence-corrected chi connectivity index (χ0v) is 13.9. The molecule has 1 atom stereocenters. The molecule has 0 bridgehead atoms. The molecule has 7 heteroatoms. The van der Waals surface area contributed by atoms with E-state index in [0.29, 0.717) is 18.2 Å². The van der Waals surface area contributed by atoms with Gasteiger partial charge >= 0.3 is 0 Å². The summed E-state index contributed by atoms with van der Waals surface area (Å²) in [6.07, 6.45) is 2.67. The van der Waals surface area contributed by atoms with Gasteiger partial charge in [-0.15, -0.1) is 0 Å². The summed E-state index contributed by atoms with van der Waals surface area (Å²) in [5.41, 5.74) is 1.08. The van der Waals surface area contributed by atoms with Crippen LogP contribution in [0.2, 0.25) is 5.02 Å². The summed E-state index contributed by atoms with van der Waals surface area (Å²) in [6, 6.07) is 6.00. The molecule has 118 valence electrons. The van der Waals surface area contributed by atoms with E-state index < -0.39 is 0 Å². The third-order valence-corrected chi connectivity index (χ3v) is 4.53. The van der Waals surface area contributed by atoms with Crippen LogP contribution in [0.3, 0.4) is 0 Å². The summed E-state index contributed by atoms with van der Waals surface area (Å²) in [4.78, 5) is 4.51. The molecule has 5 nitrogen and oxygen atoms in total. The van der Waals surface area contributed by atoms with Crippen molar-refractivity contribution in [3.63, 3.8) is 0 Å². The van der Waals surface area contributed by atoms with Crippen molar-refractivity contribution in [3.8, 4) is 5.75 Å². The maximum Gasteiger partial charge on any atom is 0.203 e. The molecule has 1 aliphatic heterocycles. The number of hydrogen-bond donors (Lipinski definition) is 1. The Labute approximate surface area is 138 Å². The molecule has 22 heavy (non-hydrogen) atoms. The van der Waals surface area contributed by atoms with E-state index in [1.165, 1.54) is 11.5 Å². The first-order chi connectivity index (χ1) is 10.8. The lowest BCUT2D eigenvalue weighted by molar-refractivity contribution is 0.201. The summed E-state index contributed by atoms with van der Waals surface area (Å²) in [5, 5.41) is 4.95. The van der Waals surface area contributed by atoms with Crippen molar-refractivity contribution in [2.75, 3.05) is 25.6 Å². The molecular weight excluding hydrogens is 322 g/mol. The van der Waals surface area contributed by atoms with Gasteiger partial charge in [0, 0.05) is 30.6 Å². The van der Waals surface area contributed by atoms with Crippen molar-refractivity contribution >= 4 is 28.3 Å². The highest BCUT2D eigenvalue weighted by molar-refractivity contribution is 7.09. The summed E-state index contributed by atoms with van der Waals surface area (Å²) in [7, 11) is 1.68. The molecule has 2 heterocycles. The second kappa shape index (κ2) is 7.26. The quantitative estimate of drug-likeness (QED) is 0.900. The molecule has 0 fully saturated rings. The smallest absolute Gasteiger partial charge is 0.203 e. The van der Waals surface area contributed by atoms with Crippen LogP contribution < -0.4 is 10.1 Å². The predicted octanol–water partition coefficient (Wildman–Crippen LogP) is 3.71. The number of methoxy groups -OCH3 is 1. The zero-order chi connectivity index (χ0) is 15.4. The fraction of sp³-hybridized carbons (Fsp3) is 0.467. The Kier molecular flexibility index (Phi) is 5.12. The lowest BCUT2D eigenvalue weighted by Crippen LogP contribution is -2.10. The van der Waals surface area contributed by atoms with Gasteiger partial charge in [0.05, 0.1) is 24.3 Å². The van der Waals surface area contributed by atoms with E-state index in [-0.39, 0.29) is 6.04 Å². The average molecular weight is 340 g/mol. The lowest BCUT2D eigenvalue weighted by atomic mass is 10.0. The van der Waals surface area contributed by atoms with Gasteiger partial charge in [-0.25, -0.2) is 4.98 Å². The Morgan fingerprint density at radius 2 is 2.41 bits per heavy atom. The number of aromatic nitrogens is 2. The van der Waals surface area contributed by atoms with Crippen LogP contribution in [0.1, 0.15) is 30.3 Å². The number of fused-ring (bicyclic) bond motifs is 1. The third kappa shape index (κ3) is 3.51. The van der Waals surface area contributed by atoms with Crippen LogP contribution in [-0.2, 0) is 11.2 Å². The van der Waals surface area contributed by atoms with Gasteiger partial charge in [0.1, 0.15) is 11.6 Å². The molecule has 2 aromatic rings. The Balaban J connectivity index is 1.77. The second-order valence-corrected chi connectivity index (χ2v) is 6.26. The SMILES string of the molecule is COCCc1nsc(NC2CCCOc3c(Cl)cccc32)n1. The van der Waals surface area contributed by atoms with E-state index in [9.17, 15) is 0 Å². The first kappa shape index (κ1) is 15.5. The molecule has 0 aliphatic carbocycles. The van der Waals surface area contributed by atoms with Crippen molar-refractivity contribution in [2.45, 2.75) is 25.3 Å². The van der Waals surface area contributed by atoms with Crippen molar-refractivity contribution in [1.82, 2.24) is 9.36 Å². The minimum Gasteiger partial charge on any atom is -0.492 e. The highest BCUT2D eigenvalue weighted by Gasteiger charge is 2.22. The Morgan fingerprint density at radius 3 is 3.27 bits per heavy atom. The van der Waals surface area contributed by atoms with Crippen LogP contribution in [0.5, 0.6) is 5.75 Å². The molecule has 0 spiro atoms. The predicted molar refractivity (Wildman–Crippen MR) is 88.0 cm³/mol.